The number of amides is 1. The Morgan fingerprint density at radius 2 is 1.59 bits per heavy atom. The van der Waals surface area contributed by atoms with E-state index in [0.717, 1.165) is 54.3 Å². The van der Waals surface area contributed by atoms with Crippen molar-refractivity contribution in [3.63, 3.8) is 0 Å². The van der Waals surface area contributed by atoms with Crippen LogP contribution in [0.2, 0.25) is 0 Å². The van der Waals surface area contributed by atoms with Crippen LogP contribution in [0.4, 0.5) is 5.69 Å². The van der Waals surface area contributed by atoms with Crippen LogP contribution >= 0.6 is 0 Å². The quantitative estimate of drug-likeness (QED) is 0.235. The van der Waals surface area contributed by atoms with Crippen molar-refractivity contribution in [1.29, 1.82) is 0 Å². The molecular weight excluding hydrogens is 639 g/mol. The summed E-state index contributed by atoms with van der Waals surface area (Å²) in [5.41, 5.74) is 5.92. The van der Waals surface area contributed by atoms with E-state index in [2.05, 4.69) is 21.7 Å². The molecule has 0 aliphatic carbocycles. The number of benzene rings is 3. The summed E-state index contributed by atoms with van der Waals surface area (Å²) in [5.74, 6) is 0.716. The number of anilines is 1. The second-order valence-corrected chi connectivity index (χ2v) is 15.0. The molecular formula is C37H41N7O4S. The number of methoxy groups -OCH3 is 1. The van der Waals surface area contributed by atoms with E-state index in [-0.39, 0.29) is 16.4 Å². The highest BCUT2D eigenvalue weighted by atomic mass is 32.2. The van der Waals surface area contributed by atoms with Crippen molar-refractivity contribution in [3.8, 4) is 28.1 Å². The molecule has 2 saturated heterocycles. The molecule has 2 fully saturated rings. The van der Waals surface area contributed by atoms with Crippen LogP contribution in [0, 0.1) is 6.92 Å². The number of rotatable bonds is 8. The highest BCUT2D eigenvalue weighted by Crippen LogP contribution is 2.36. The van der Waals surface area contributed by atoms with Gasteiger partial charge in [0, 0.05) is 68.2 Å². The lowest BCUT2D eigenvalue weighted by Gasteiger charge is -2.42. The number of hydrogen-bond acceptors (Lipinski definition) is 9. The van der Waals surface area contributed by atoms with Crippen molar-refractivity contribution < 1.29 is 17.9 Å². The minimum Gasteiger partial charge on any atom is -0.495 e. The lowest BCUT2D eigenvalue weighted by atomic mass is 10.0. The molecule has 0 N–H and O–H groups in total. The number of piperazine rings is 1. The number of carbonyl (C=O) groups is 1. The van der Waals surface area contributed by atoms with Gasteiger partial charge in [0.05, 0.1) is 29.6 Å². The third-order valence-electron chi connectivity index (χ3n) is 9.68. The van der Waals surface area contributed by atoms with E-state index < -0.39 is 10.0 Å². The van der Waals surface area contributed by atoms with Crippen molar-refractivity contribution >= 4 is 32.8 Å². The first-order valence-electron chi connectivity index (χ1n) is 16.4. The van der Waals surface area contributed by atoms with Gasteiger partial charge in [0.2, 0.25) is 0 Å². The molecule has 2 aliphatic heterocycles. The zero-order valence-corrected chi connectivity index (χ0v) is 29.3. The average Bonchev–Trinajstić information content (AvgIpc) is 3.47. The maximum atomic E-state index is 14.0. The summed E-state index contributed by atoms with van der Waals surface area (Å²) in [4.78, 5) is 31.6. The first-order chi connectivity index (χ1) is 23.5. The molecule has 0 bridgehead atoms. The van der Waals surface area contributed by atoms with E-state index in [4.69, 9.17) is 14.7 Å². The Balaban J connectivity index is 1.29. The number of ether oxygens (including phenoxy) is 1. The maximum absolute atomic E-state index is 14.0. The summed E-state index contributed by atoms with van der Waals surface area (Å²) in [5, 5.41) is 0. The van der Waals surface area contributed by atoms with Crippen molar-refractivity contribution in [3.05, 3.63) is 90.3 Å². The van der Waals surface area contributed by atoms with Crippen LogP contribution in [-0.4, -0.2) is 117 Å². The van der Waals surface area contributed by atoms with E-state index in [9.17, 15) is 13.2 Å². The number of likely N-dealkylation sites (tertiary alicyclic amines) is 1. The largest absolute Gasteiger partial charge is 0.495 e. The standard InChI is InChI=1S/C37H41N7O4S/c1-25-6-13-30(14-7-25)49(46,47)44-24-31(26-8-10-27(11-9-26)37(45)43-22-29(23-43)40(2)3)35-36(44)38-21-32(39-35)28-12-15-33(34(20-28)48-5)42-18-16-41(4)17-19-42/h6-15,20-21,24,29H,16-19,22-23H2,1-5H3. The van der Waals surface area contributed by atoms with Gasteiger partial charge in [-0.15, -0.1) is 0 Å². The van der Waals surface area contributed by atoms with Crippen LogP contribution in [0.15, 0.2) is 84.0 Å². The van der Waals surface area contributed by atoms with Crippen LogP contribution in [0.1, 0.15) is 15.9 Å². The number of aromatic nitrogens is 3. The summed E-state index contributed by atoms with van der Waals surface area (Å²) < 4.78 is 35.0. The molecule has 1 amide bonds. The monoisotopic (exact) mass is 679 g/mol. The molecule has 0 radical (unpaired) electrons. The molecule has 0 saturated carbocycles. The van der Waals surface area contributed by atoms with E-state index in [0.29, 0.717) is 41.5 Å². The van der Waals surface area contributed by atoms with Crippen molar-refractivity contribution in [2.75, 3.05) is 72.4 Å². The van der Waals surface area contributed by atoms with Gasteiger partial charge in [-0.25, -0.2) is 22.4 Å². The van der Waals surface area contributed by atoms with Gasteiger partial charge in [-0.05, 0) is 70.0 Å². The van der Waals surface area contributed by atoms with Gasteiger partial charge in [-0.3, -0.25) is 4.79 Å². The Kier molecular flexibility index (Phi) is 8.64. The van der Waals surface area contributed by atoms with Crippen LogP contribution in [0.5, 0.6) is 5.75 Å². The van der Waals surface area contributed by atoms with Gasteiger partial charge < -0.3 is 24.3 Å². The van der Waals surface area contributed by atoms with Gasteiger partial charge in [0.15, 0.2) is 5.65 Å². The van der Waals surface area contributed by atoms with Gasteiger partial charge in [0.25, 0.3) is 15.9 Å². The fourth-order valence-corrected chi connectivity index (χ4v) is 7.70. The Hall–Kier alpha value is -4.78. The smallest absolute Gasteiger partial charge is 0.269 e. The molecule has 7 rings (SSSR count). The zero-order valence-electron chi connectivity index (χ0n) is 28.5. The molecule has 0 unspecified atom stereocenters. The molecule has 0 spiro atoms. The maximum Gasteiger partial charge on any atom is 0.269 e. The first-order valence-corrected chi connectivity index (χ1v) is 17.9. The summed E-state index contributed by atoms with van der Waals surface area (Å²) in [6.07, 6.45) is 3.18. The minimum atomic E-state index is -4.00. The molecule has 11 nitrogen and oxygen atoms in total. The number of fused-ring (bicyclic) bond motifs is 1. The van der Waals surface area contributed by atoms with E-state index in [1.807, 2.05) is 56.3 Å². The SMILES string of the molecule is COc1cc(-c2cnc3c(n2)c(-c2ccc(C(=O)N4CC(N(C)C)C4)cc2)cn3S(=O)(=O)c2ccc(C)cc2)ccc1N1CCN(C)CC1. The van der Waals surface area contributed by atoms with E-state index >= 15 is 0 Å². The van der Waals surface area contributed by atoms with Crippen molar-refractivity contribution in [2.24, 2.45) is 0 Å². The predicted octanol–water partition coefficient (Wildman–Crippen LogP) is 4.46. The molecule has 5 aromatic rings. The van der Waals surface area contributed by atoms with E-state index in [1.165, 1.54) is 3.97 Å². The van der Waals surface area contributed by atoms with Gasteiger partial charge in [-0.2, -0.15) is 0 Å². The van der Waals surface area contributed by atoms with Crippen LogP contribution in [0.3, 0.4) is 0 Å². The number of carbonyl (C=O) groups excluding carboxylic acids is 1. The number of aryl methyl sites for hydroxylation is 1. The zero-order chi connectivity index (χ0) is 34.4. The highest BCUT2D eigenvalue weighted by Gasteiger charge is 2.32. The van der Waals surface area contributed by atoms with E-state index in [1.54, 1.807) is 55.9 Å². The fraction of sp³-hybridized carbons (Fsp3) is 0.324. The molecule has 3 aromatic carbocycles. The van der Waals surface area contributed by atoms with Gasteiger partial charge >= 0.3 is 0 Å². The first kappa shape index (κ1) is 32.8. The summed E-state index contributed by atoms with van der Waals surface area (Å²) in [7, 11) is 3.83. The van der Waals surface area contributed by atoms with Crippen LogP contribution in [0.25, 0.3) is 33.5 Å². The lowest BCUT2D eigenvalue weighted by Crippen LogP contribution is -2.59. The Bertz CT molecular complexity index is 2120. The topological polar surface area (TPSA) is 104 Å². The molecule has 49 heavy (non-hydrogen) atoms. The highest BCUT2D eigenvalue weighted by molar-refractivity contribution is 7.90. The molecule has 0 atom stereocenters. The average molecular weight is 680 g/mol. The number of hydrogen-bond donors (Lipinski definition) is 0. The third-order valence-corrected chi connectivity index (χ3v) is 11.3. The van der Waals surface area contributed by atoms with Crippen molar-refractivity contribution in [1.82, 2.24) is 28.6 Å². The summed E-state index contributed by atoms with van der Waals surface area (Å²) in [6.45, 7) is 7.06. The second-order valence-electron chi connectivity index (χ2n) is 13.2. The third kappa shape index (κ3) is 6.16. The minimum absolute atomic E-state index is 0.0231. The normalized spacial score (nSPS) is 16.0. The van der Waals surface area contributed by atoms with Crippen LogP contribution in [-0.2, 0) is 10.0 Å². The van der Waals surface area contributed by atoms with Crippen molar-refractivity contribution in [2.45, 2.75) is 17.9 Å². The summed E-state index contributed by atoms with van der Waals surface area (Å²) in [6, 6.07) is 20.4. The Morgan fingerprint density at radius 1 is 0.918 bits per heavy atom. The predicted molar refractivity (Wildman–Crippen MR) is 192 cm³/mol. The molecule has 2 aromatic heterocycles. The number of nitrogens with zero attached hydrogens (tertiary/aromatic N) is 7. The molecule has 2 aliphatic rings. The Labute approximate surface area is 287 Å². The fourth-order valence-electron chi connectivity index (χ4n) is 6.39. The molecule has 254 valence electrons. The van der Waals surface area contributed by atoms with Crippen LogP contribution < -0.4 is 9.64 Å². The van der Waals surface area contributed by atoms with Gasteiger partial charge in [-0.1, -0.05) is 35.9 Å². The Morgan fingerprint density at radius 3 is 2.24 bits per heavy atom. The second kappa shape index (κ2) is 12.9. The lowest BCUT2D eigenvalue weighted by molar-refractivity contribution is 0.0399. The molecule has 4 heterocycles. The summed E-state index contributed by atoms with van der Waals surface area (Å²) >= 11 is 0. The number of likely N-dealkylation sites (N-methyl/N-ethyl adjacent to an activating group) is 2. The molecule has 12 heteroatoms. The van der Waals surface area contributed by atoms with Gasteiger partial charge in [0.1, 0.15) is 11.3 Å².